The minimum absolute atomic E-state index is 0.631. The summed E-state index contributed by atoms with van der Waals surface area (Å²) in [6.45, 7) is 2.99. The normalized spacial score (nSPS) is 20.9. The van der Waals surface area contributed by atoms with Crippen LogP contribution in [0.3, 0.4) is 0 Å². The van der Waals surface area contributed by atoms with Gasteiger partial charge in [0.2, 0.25) is 0 Å². The molecule has 0 radical (unpaired) electrons. The summed E-state index contributed by atoms with van der Waals surface area (Å²) in [6, 6.07) is 0. The third-order valence-electron chi connectivity index (χ3n) is 5.06. The second kappa shape index (κ2) is 9.29. The largest absolute Gasteiger partial charge is 0.522 e. The molecule has 1 N–H and O–H groups in total. The van der Waals surface area contributed by atoms with Gasteiger partial charge in [0.05, 0.1) is 7.05 Å². The first-order valence-corrected chi connectivity index (χ1v) is 11.8. The van der Waals surface area contributed by atoms with E-state index in [0.717, 1.165) is 38.9 Å². The van der Waals surface area contributed by atoms with Crippen molar-refractivity contribution >= 4 is 20.3 Å². The Bertz CT molecular complexity index is 871. The van der Waals surface area contributed by atoms with Crippen LogP contribution in [0.2, 0.25) is 0 Å². The monoisotopic (exact) mass is 464 g/mol. The second-order valence-corrected chi connectivity index (χ2v) is 10.3. The van der Waals surface area contributed by atoms with E-state index in [1.54, 1.807) is 27.6 Å². The van der Waals surface area contributed by atoms with Crippen molar-refractivity contribution in [3.8, 4) is 0 Å². The summed E-state index contributed by atoms with van der Waals surface area (Å²) in [7, 11) is -7.41. The Kier molecular flexibility index (Phi) is 7.70. The Morgan fingerprint density at radius 3 is 1.93 bits per heavy atom. The van der Waals surface area contributed by atoms with E-state index in [1.807, 2.05) is 7.05 Å². The molecule has 1 aromatic heterocycles. The van der Waals surface area contributed by atoms with Crippen molar-refractivity contribution in [1.82, 2.24) is 8.28 Å². The van der Waals surface area contributed by atoms with Crippen molar-refractivity contribution in [1.29, 1.82) is 0 Å². The zero-order valence-electron chi connectivity index (χ0n) is 15.8. The summed E-state index contributed by atoms with van der Waals surface area (Å²) in [5.74, 6) is 1.37. The summed E-state index contributed by atoms with van der Waals surface area (Å²) < 4.78 is 92.7. The van der Waals surface area contributed by atoms with E-state index in [0.29, 0.717) is 24.9 Å². The van der Waals surface area contributed by atoms with Crippen LogP contribution in [0, 0.1) is 11.8 Å². The Balaban J connectivity index is 0.000000321. The Hall–Kier alpha value is -1.22. The molecule has 29 heavy (non-hydrogen) atoms. The molecule has 2 saturated heterocycles. The number of nitrogens with zero attached hydrogens (tertiary/aromatic N) is 3. The summed E-state index contributed by atoms with van der Waals surface area (Å²) in [5, 5.41) is 0. The third kappa shape index (κ3) is 6.38. The molecule has 0 aromatic carbocycles. The van der Waals surface area contributed by atoms with Gasteiger partial charge in [0, 0.05) is 26.3 Å². The zero-order valence-corrected chi connectivity index (χ0v) is 17.5. The molecule has 14 heteroatoms. The maximum atomic E-state index is 12.5. The van der Waals surface area contributed by atoms with Crippen LogP contribution < -0.4 is 4.57 Å². The zero-order chi connectivity index (χ0) is 21.9. The van der Waals surface area contributed by atoms with Gasteiger partial charge in [-0.05, 0) is 37.5 Å². The molecule has 0 unspecified atom stereocenters. The lowest BCUT2D eigenvalue weighted by molar-refractivity contribution is -0.670. The van der Waals surface area contributed by atoms with Crippen LogP contribution in [-0.4, -0.2) is 61.5 Å². The van der Waals surface area contributed by atoms with E-state index in [9.17, 15) is 21.6 Å². The van der Waals surface area contributed by atoms with Gasteiger partial charge in [0.15, 0.2) is 0 Å². The number of hydrogen-bond acceptors (Lipinski definition) is 5. The third-order valence-corrected chi connectivity index (χ3v) is 7.41. The van der Waals surface area contributed by atoms with Gasteiger partial charge in [-0.25, -0.2) is 4.57 Å². The van der Waals surface area contributed by atoms with Crippen molar-refractivity contribution in [3.05, 3.63) is 18.7 Å². The molecular weight excluding hydrogens is 439 g/mol. The number of halogens is 3. The molecule has 0 aliphatic carbocycles. The second-order valence-electron chi connectivity index (χ2n) is 7.02. The molecule has 2 aliphatic heterocycles. The van der Waals surface area contributed by atoms with E-state index in [2.05, 4.69) is 0 Å². The highest BCUT2D eigenvalue weighted by Crippen LogP contribution is 2.32. The lowest BCUT2D eigenvalue weighted by atomic mass is 9.80. The summed E-state index contributed by atoms with van der Waals surface area (Å²) in [5.41, 5.74) is -5.53. The van der Waals surface area contributed by atoms with Gasteiger partial charge in [-0.3, -0.25) is 4.55 Å². The predicted molar refractivity (Wildman–Crippen MR) is 95.4 cm³/mol. The number of aromatic nitrogens is 2. The number of rotatable bonds is 3. The molecule has 9 nitrogen and oxygen atoms in total. The van der Waals surface area contributed by atoms with Gasteiger partial charge in [-0.2, -0.15) is 34.3 Å². The fourth-order valence-electron chi connectivity index (χ4n) is 3.46. The van der Waals surface area contributed by atoms with Crippen LogP contribution in [0.4, 0.5) is 13.2 Å². The molecule has 1 aromatic rings. The molecule has 2 aliphatic rings. The highest BCUT2D eigenvalue weighted by Gasteiger charge is 2.44. The first-order chi connectivity index (χ1) is 13.3. The topological polar surface area (TPSA) is 110 Å². The molecule has 0 atom stereocenters. The number of aryl methyl sites for hydroxylation is 1. The van der Waals surface area contributed by atoms with Gasteiger partial charge in [-0.1, -0.05) is 0 Å². The minimum Gasteiger partial charge on any atom is -0.381 e. The number of ether oxygens (including phenoxy) is 1. The van der Waals surface area contributed by atoms with Crippen LogP contribution in [0.15, 0.2) is 18.7 Å². The lowest BCUT2D eigenvalue weighted by Crippen LogP contribution is -2.43. The van der Waals surface area contributed by atoms with Gasteiger partial charge in [0.1, 0.15) is 12.4 Å². The Morgan fingerprint density at radius 2 is 1.52 bits per heavy atom. The van der Waals surface area contributed by atoms with Gasteiger partial charge in [0.25, 0.3) is 6.33 Å². The SMILES string of the molecule is C[n+]1ccn(S(=O)(=O)N2CCC(C3CCOCC3)CC2)c1.O=S(=O)(O)C(F)(F)F. The first-order valence-electron chi connectivity index (χ1n) is 8.97. The number of alkyl halides is 3. The fourth-order valence-corrected chi connectivity index (χ4v) is 4.88. The van der Waals surface area contributed by atoms with E-state index in [1.165, 1.54) is 3.97 Å². The molecule has 0 spiro atoms. The van der Waals surface area contributed by atoms with Gasteiger partial charge < -0.3 is 4.74 Å². The van der Waals surface area contributed by atoms with Crippen LogP contribution in [0.5, 0.6) is 0 Å². The molecule has 3 heterocycles. The molecule has 2 fully saturated rings. The number of piperidine rings is 1. The van der Waals surface area contributed by atoms with E-state index in [4.69, 9.17) is 17.7 Å². The Morgan fingerprint density at radius 1 is 1.03 bits per heavy atom. The van der Waals surface area contributed by atoms with Crippen molar-refractivity contribution in [2.24, 2.45) is 18.9 Å². The van der Waals surface area contributed by atoms with Crippen LogP contribution in [0.25, 0.3) is 0 Å². The summed E-state index contributed by atoms with van der Waals surface area (Å²) in [4.78, 5) is 0. The lowest BCUT2D eigenvalue weighted by Gasteiger charge is -2.36. The smallest absolute Gasteiger partial charge is 0.381 e. The number of hydrogen-bond donors (Lipinski definition) is 1. The molecule has 168 valence electrons. The highest BCUT2D eigenvalue weighted by atomic mass is 32.2. The molecule has 0 saturated carbocycles. The fraction of sp³-hybridized carbons (Fsp3) is 0.800. The van der Waals surface area contributed by atoms with E-state index in [-0.39, 0.29) is 0 Å². The van der Waals surface area contributed by atoms with Gasteiger partial charge >= 0.3 is 25.8 Å². The van der Waals surface area contributed by atoms with E-state index >= 15 is 0 Å². The molecule has 3 rings (SSSR count). The number of imidazole rings is 1. The minimum atomic E-state index is -5.84. The van der Waals surface area contributed by atoms with Crippen molar-refractivity contribution in [2.45, 2.75) is 31.2 Å². The standard InChI is InChI=1S/C14H24N3O3S.CHF3O3S/c1-15-8-9-17(12-15)21(18,19)16-6-2-13(3-7-16)14-4-10-20-11-5-14;2-1(3,4)8(5,6)7/h8-9,12-14H,2-7,10-11H2,1H3;(H,5,6,7)/q+1;. The summed E-state index contributed by atoms with van der Waals surface area (Å²) >= 11 is 0. The quantitative estimate of drug-likeness (QED) is 0.405. The summed E-state index contributed by atoms with van der Waals surface area (Å²) in [6.07, 6.45) is 9.14. The van der Waals surface area contributed by atoms with Crippen molar-refractivity contribution in [3.63, 3.8) is 0 Å². The average Bonchev–Trinajstić information content (AvgIpc) is 3.09. The molecule has 0 bridgehead atoms. The maximum absolute atomic E-state index is 12.5. The molecule has 0 amide bonds. The predicted octanol–water partition coefficient (Wildman–Crippen LogP) is 0.938. The first kappa shape index (κ1) is 24.1. The Labute approximate surface area is 168 Å². The van der Waals surface area contributed by atoms with Crippen molar-refractivity contribution in [2.75, 3.05) is 26.3 Å². The average molecular weight is 465 g/mol. The molecular formula is C15H25F3N3O6S2+. The highest BCUT2D eigenvalue weighted by molar-refractivity contribution is 7.87. The van der Waals surface area contributed by atoms with E-state index < -0.39 is 25.8 Å². The van der Waals surface area contributed by atoms with Crippen molar-refractivity contribution < 1.29 is 43.9 Å². The maximum Gasteiger partial charge on any atom is 0.522 e. The van der Waals surface area contributed by atoms with Gasteiger partial charge in [-0.15, -0.1) is 3.97 Å². The van der Waals surface area contributed by atoms with Crippen LogP contribution >= 0.6 is 0 Å². The van der Waals surface area contributed by atoms with Crippen LogP contribution in [0.1, 0.15) is 25.7 Å². The van der Waals surface area contributed by atoms with Crippen LogP contribution in [-0.2, 0) is 32.1 Å².